The second-order valence-corrected chi connectivity index (χ2v) is 7.83. The van der Waals surface area contributed by atoms with E-state index in [0.29, 0.717) is 11.0 Å². The van der Waals surface area contributed by atoms with Crippen molar-refractivity contribution in [3.63, 3.8) is 0 Å². The van der Waals surface area contributed by atoms with E-state index in [-0.39, 0.29) is 30.1 Å². The molecular weight excluding hydrogens is 438 g/mol. The number of imidazole rings is 1. The summed E-state index contributed by atoms with van der Waals surface area (Å²) in [6.07, 6.45) is -1.50. The molecule has 1 amide bonds. The van der Waals surface area contributed by atoms with Crippen molar-refractivity contribution in [2.45, 2.75) is 51.7 Å². The molecule has 2 aromatic carbocycles. The number of benzene rings is 2. The van der Waals surface area contributed by atoms with Gasteiger partial charge in [-0.1, -0.05) is 19.9 Å². The van der Waals surface area contributed by atoms with Crippen LogP contribution in [0.3, 0.4) is 0 Å². The van der Waals surface area contributed by atoms with Gasteiger partial charge in [0.25, 0.3) is 5.91 Å². The highest BCUT2D eigenvalue weighted by Gasteiger charge is 2.31. The first-order valence-electron chi connectivity index (χ1n) is 11.0. The first-order chi connectivity index (χ1) is 15.8. The molecule has 1 aliphatic carbocycles. The van der Waals surface area contributed by atoms with Crippen LogP contribution in [0.2, 0.25) is 0 Å². The van der Waals surface area contributed by atoms with Crippen molar-refractivity contribution < 1.29 is 27.5 Å². The molecular formula is C24H27F4N3O2. The van der Waals surface area contributed by atoms with Crippen molar-refractivity contribution in [3.8, 4) is 0 Å². The van der Waals surface area contributed by atoms with E-state index in [9.17, 15) is 27.5 Å². The maximum absolute atomic E-state index is 13.7. The minimum absolute atomic E-state index is 0.0323. The predicted molar refractivity (Wildman–Crippen MR) is 119 cm³/mol. The molecule has 0 spiro atoms. The van der Waals surface area contributed by atoms with Gasteiger partial charge in [0.15, 0.2) is 0 Å². The number of hydrogen-bond donors (Lipinski definition) is 2. The number of aliphatic hydroxyl groups is 1. The summed E-state index contributed by atoms with van der Waals surface area (Å²) in [5.74, 6) is -0.828. The molecule has 1 aliphatic rings. The van der Waals surface area contributed by atoms with Gasteiger partial charge in [0.1, 0.15) is 5.82 Å². The van der Waals surface area contributed by atoms with E-state index >= 15 is 0 Å². The molecule has 33 heavy (non-hydrogen) atoms. The van der Waals surface area contributed by atoms with Crippen LogP contribution in [0.15, 0.2) is 42.5 Å². The predicted octanol–water partition coefficient (Wildman–Crippen LogP) is 6.20. The molecule has 0 atom stereocenters. The van der Waals surface area contributed by atoms with E-state index in [0.717, 1.165) is 37.8 Å². The van der Waals surface area contributed by atoms with Gasteiger partial charge < -0.3 is 9.67 Å². The fourth-order valence-corrected chi connectivity index (χ4v) is 4.13. The fourth-order valence-electron chi connectivity index (χ4n) is 4.13. The van der Waals surface area contributed by atoms with E-state index in [4.69, 9.17) is 0 Å². The lowest BCUT2D eigenvalue weighted by atomic mass is 9.86. The summed E-state index contributed by atoms with van der Waals surface area (Å²) in [6.45, 7) is 4.11. The molecule has 1 saturated carbocycles. The van der Waals surface area contributed by atoms with Gasteiger partial charge in [-0.2, -0.15) is 13.2 Å². The summed E-state index contributed by atoms with van der Waals surface area (Å²) in [5.41, 5.74) is -0.0848. The summed E-state index contributed by atoms with van der Waals surface area (Å²) >= 11 is 0. The van der Waals surface area contributed by atoms with Gasteiger partial charge in [-0.25, -0.2) is 9.37 Å². The van der Waals surface area contributed by atoms with Crippen LogP contribution in [-0.4, -0.2) is 27.2 Å². The Morgan fingerprint density at radius 1 is 1.12 bits per heavy atom. The van der Waals surface area contributed by atoms with Crippen LogP contribution in [0.4, 0.5) is 23.5 Å². The molecule has 4 rings (SSSR count). The largest absolute Gasteiger partial charge is 0.416 e. The van der Waals surface area contributed by atoms with Crippen LogP contribution in [0.1, 0.15) is 61.5 Å². The summed E-state index contributed by atoms with van der Waals surface area (Å²) in [6, 6.07) is 8.26. The third kappa shape index (κ3) is 5.52. The van der Waals surface area contributed by atoms with E-state index in [1.807, 2.05) is 18.4 Å². The number of carbonyl (C=O) groups excluding carboxylic acids is 1. The molecule has 0 aliphatic heterocycles. The molecule has 0 unspecified atom stereocenters. The number of aromatic nitrogens is 2. The summed E-state index contributed by atoms with van der Waals surface area (Å²) in [5, 5.41) is 12.0. The molecule has 9 heteroatoms. The van der Waals surface area contributed by atoms with Crippen molar-refractivity contribution in [1.82, 2.24) is 9.55 Å². The third-order valence-electron chi connectivity index (χ3n) is 5.77. The zero-order chi connectivity index (χ0) is 24.2. The Hall–Kier alpha value is -2.94. The van der Waals surface area contributed by atoms with Crippen molar-refractivity contribution in [3.05, 3.63) is 59.4 Å². The van der Waals surface area contributed by atoms with E-state index in [2.05, 4.69) is 10.3 Å². The molecule has 3 aromatic rings. The molecule has 0 radical (unpaired) electrons. The van der Waals surface area contributed by atoms with Gasteiger partial charge in [0.2, 0.25) is 5.95 Å². The van der Waals surface area contributed by atoms with Crippen molar-refractivity contribution in [1.29, 1.82) is 0 Å². The standard InChI is InChI=1S/C22H21F4N3O2.C2H6/c23-16-6-9-19-18(11-16)27-21(29(19)17-7-4-13(12-30)5-8-17)28-20(31)14-2-1-3-15(10-14)22(24,25)26;1-2/h1-3,6,9-11,13,17,30H,4-5,7-8,12H2,(H,27,28,31);1-2H3. The van der Waals surface area contributed by atoms with Gasteiger partial charge in [0.05, 0.1) is 16.6 Å². The van der Waals surface area contributed by atoms with Crippen molar-refractivity contribution >= 4 is 22.9 Å². The average molecular weight is 465 g/mol. The first kappa shape index (κ1) is 24.7. The zero-order valence-corrected chi connectivity index (χ0v) is 18.5. The smallest absolute Gasteiger partial charge is 0.396 e. The number of anilines is 1. The molecule has 5 nitrogen and oxygen atoms in total. The lowest BCUT2D eigenvalue weighted by Gasteiger charge is -2.29. The van der Waals surface area contributed by atoms with Crippen LogP contribution < -0.4 is 5.32 Å². The Morgan fingerprint density at radius 2 is 1.82 bits per heavy atom. The summed E-state index contributed by atoms with van der Waals surface area (Å²) in [4.78, 5) is 17.1. The Morgan fingerprint density at radius 3 is 2.45 bits per heavy atom. The number of carbonyl (C=O) groups is 1. The molecule has 178 valence electrons. The summed E-state index contributed by atoms with van der Waals surface area (Å²) in [7, 11) is 0. The van der Waals surface area contributed by atoms with E-state index in [1.165, 1.54) is 24.3 Å². The number of rotatable bonds is 4. The van der Waals surface area contributed by atoms with Gasteiger partial charge in [-0.05, 0) is 61.9 Å². The van der Waals surface area contributed by atoms with Crippen LogP contribution in [0.25, 0.3) is 11.0 Å². The quantitative estimate of drug-likeness (QED) is 0.451. The highest BCUT2D eigenvalue weighted by Crippen LogP contribution is 2.37. The van der Waals surface area contributed by atoms with Crippen LogP contribution in [-0.2, 0) is 6.18 Å². The number of nitrogens with one attached hydrogen (secondary N) is 1. The lowest BCUT2D eigenvalue weighted by molar-refractivity contribution is -0.137. The maximum Gasteiger partial charge on any atom is 0.416 e. The highest BCUT2D eigenvalue weighted by molar-refractivity contribution is 6.04. The second kappa shape index (κ2) is 10.3. The number of alkyl halides is 3. The Labute approximate surface area is 189 Å². The van der Waals surface area contributed by atoms with E-state index in [1.54, 1.807) is 6.07 Å². The summed E-state index contributed by atoms with van der Waals surface area (Å²) < 4.78 is 54.5. The lowest BCUT2D eigenvalue weighted by Crippen LogP contribution is -2.23. The monoisotopic (exact) mass is 465 g/mol. The maximum atomic E-state index is 13.7. The van der Waals surface area contributed by atoms with Gasteiger partial charge in [0, 0.05) is 24.3 Å². The first-order valence-corrected chi connectivity index (χ1v) is 11.0. The molecule has 1 fully saturated rings. The van der Waals surface area contributed by atoms with Crippen molar-refractivity contribution in [2.75, 3.05) is 11.9 Å². The molecule has 1 aromatic heterocycles. The van der Waals surface area contributed by atoms with Gasteiger partial charge >= 0.3 is 6.18 Å². The minimum atomic E-state index is -4.56. The highest BCUT2D eigenvalue weighted by atomic mass is 19.4. The minimum Gasteiger partial charge on any atom is -0.396 e. The Bertz CT molecular complexity index is 1100. The van der Waals surface area contributed by atoms with E-state index < -0.39 is 23.5 Å². The number of amides is 1. The second-order valence-electron chi connectivity index (χ2n) is 7.83. The molecule has 0 saturated heterocycles. The average Bonchev–Trinajstić information content (AvgIpc) is 3.16. The molecule has 1 heterocycles. The Balaban J connectivity index is 0.00000149. The van der Waals surface area contributed by atoms with Gasteiger partial charge in [-0.15, -0.1) is 0 Å². The third-order valence-corrected chi connectivity index (χ3v) is 5.77. The fraction of sp³-hybridized carbons (Fsp3) is 0.417. The normalized spacial score (nSPS) is 18.5. The zero-order valence-electron chi connectivity index (χ0n) is 18.5. The number of hydrogen-bond acceptors (Lipinski definition) is 3. The van der Waals surface area contributed by atoms with Crippen molar-refractivity contribution in [2.24, 2.45) is 5.92 Å². The molecule has 0 bridgehead atoms. The van der Waals surface area contributed by atoms with Gasteiger partial charge in [-0.3, -0.25) is 10.1 Å². The topological polar surface area (TPSA) is 67.2 Å². The number of aliphatic hydroxyl groups excluding tert-OH is 1. The number of halogens is 4. The Kier molecular flexibility index (Phi) is 7.73. The molecule has 2 N–H and O–H groups in total. The van der Waals surface area contributed by atoms with Crippen LogP contribution in [0, 0.1) is 11.7 Å². The van der Waals surface area contributed by atoms with Crippen LogP contribution >= 0.6 is 0 Å². The SMILES string of the molecule is CC.O=C(Nc1nc2cc(F)ccc2n1C1CCC(CO)CC1)c1cccc(C(F)(F)F)c1. The number of fused-ring (bicyclic) bond motifs is 1. The number of nitrogens with zero attached hydrogens (tertiary/aromatic N) is 2. The van der Waals surface area contributed by atoms with Crippen LogP contribution in [0.5, 0.6) is 0 Å².